The van der Waals surface area contributed by atoms with Gasteiger partial charge >= 0.3 is 6.03 Å². The maximum Gasteiger partial charge on any atom is 0.325 e. The van der Waals surface area contributed by atoms with Gasteiger partial charge in [-0.25, -0.2) is 4.79 Å². The van der Waals surface area contributed by atoms with Crippen molar-refractivity contribution in [1.82, 2.24) is 9.80 Å². The number of hydrogen-bond acceptors (Lipinski definition) is 3. The van der Waals surface area contributed by atoms with Crippen LogP contribution in [0.4, 0.5) is 10.5 Å². The fraction of sp³-hybridized carbons (Fsp3) is 0.440. The van der Waals surface area contributed by atoms with Crippen molar-refractivity contribution in [3.63, 3.8) is 0 Å². The minimum atomic E-state index is -0.0201. The molecule has 2 aromatic rings. The number of anilines is 1. The average molecular weight is 420 g/mol. The summed E-state index contributed by atoms with van der Waals surface area (Å²) in [5, 5.41) is 0. The minimum Gasteiger partial charge on any atom is -0.491 e. The molecule has 3 amide bonds. The Balaban J connectivity index is 1.36. The highest BCUT2D eigenvalue weighted by atomic mass is 16.5. The van der Waals surface area contributed by atoms with Gasteiger partial charge in [0.05, 0.1) is 12.6 Å². The Labute approximate surface area is 183 Å². The van der Waals surface area contributed by atoms with E-state index in [0.717, 1.165) is 42.9 Å². The molecule has 0 aromatic heterocycles. The SMILES string of the molecule is CC1COc2ccccc2CN1C(=O)N1CC(CCN2CCCC2=O)c2ccccc21. The fourth-order valence-electron chi connectivity index (χ4n) is 5.00. The van der Waals surface area contributed by atoms with Gasteiger partial charge in [-0.2, -0.15) is 0 Å². The summed E-state index contributed by atoms with van der Waals surface area (Å²) in [5.41, 5.74) is 3.24. The van der Waals surface area contributed by atoms with Gasteiger partial charge in [-0.1, -0.05) is 36.4 Å². The van der Waals surface area contributed by atoms with Gasteiger partial charge in [0.2, 0.25) is 5.91 Å². The van der Waals surface area contributed by atoms with Crippen molar-refractivity contribution >= 4 is 17.6 Å². The van der Waals surface area contributed by atoms with Crippen LogP contribution in [0.1, 0.15) is 43.2 Å². The number of nitrogens with zero attached hydrogens (tertiary/aromatic N) is 3. The summed E-state index contributed by atoms with van der Waals surface area (Å²) < 4.78 is 5.95. The molecule has 2 atom stereocenters. The molecule has 1 fully saturated rings. The Morgan fingerprint density at radius 3 is 2.77 bits per heavy atom. The smallest absolute Gasteiger partial charge is 0.325 e. The van der Waals surface area contributed by atoms with Crippen molar-refractivity contribution in [3.05, 3.63) is 59.7 Å². The summed E-state index contributed by atoms with van der Waals surface area (Å²) in [6, 6.07) is 16.2. The lowest BCUT2D eigenvalue weighted by atomic mass is 9.98. The van der Waals surface area contributed by atoms with Crippen molar-refractivity contribution in [1.29, 1.82) is 0 Å². The topological polar surface area (TPSA) is 53.1 Å². The van der Waals surface area contributed by atoms with Crippen LogP contribution in [-0.2, 0) is 11.3 Å². The van der Waals surface area contributed by atoms with Crippen LogP contribution in [0.3, 0.4) is 0 Å². The normalized spacial score (nSPS) is 22.7. The van der Waals surface area contributed by atoms with Gasteiger partial charge in [0.1, 0.15) is 12.4 Å². The Bertz CT molecular complexity index is 991. The minimum absolute atomic E-state index is 0.0201. The summed E-state index contributed by atoms with van der Waals surface area (Å²) in [4.78, 5) is 31.6. The van der Waals surface area contributed by atoms with Crippen molar-refractivity contribution in [2.45, 2.75) is 44.7 Å². The Kier molecular flexibility index (Phi) is 5.30. The lowest BCUT2D eigenvalue weighted by molar-refractivity contribution is -0.127. The van der Waals surface area contributed by atoms with Crippen LogP contribution in [0, 0.1) is 0 Å². The summed E-state index contributed by atoms with van der Waals surface area (Å²) in [6.45, 7) is 5.36. The van der Waals surface area contributed by atoms with E-state index in [-0.39, 0.29) is 23.9 Å². The van der Waals surface area contributed by atoms with Crippen molar-refractivity contribution in [2.75, 3.05) is 31.1 Å². The Morgan fingerprint density at radius 2 is 1.94 bits per heavy atom. The second-order valence-corrected chi connectivity index (χ2v) is 8.82. The van der Waals surface area contributed by atoms with Gasteiger partial charge in [0, 0.05) is 43.2 Å². The van der Waals surface area contributed by atoms with E-state index < -0.39 is 0 Å². The number of urea groups is 1. The van der Waals surface area contributed by atoms with E-state index in [4.69, 9.17) is 4.74 Å². The number of amides is 3. The summed E-state index contributed by atoms with van der Waals surface area (Å²) in [5.74, 6) is 1.37. The second-order valence-electron chi connectivity index (χ2n) is 8.82. The first kappa shape index (κ1) is 19.9. The van der Waals surface area contributed by atoms with Crippen molar-refractivity contribution in [3.8, 4) is 5.75 Å². The van der Waals surface area contributed by atoms with Gasteiger partial charge in [-0.3, -0.25) is 9.69 Å². The number of carbonyl (C=O) groups is 2. The molecule has 3 aliphatic heterocycles. The molecule has 31 heavy (non-hydrogen) atoms. The lowest BCUT2D eigenvalue weighted by Crippen LogP contribution is -2.47. The molecule has 2 aromatic carbocycles. The highest BCUT2D eigenvalue weighted by Gasteiger charge is 2.37. The maximum atomic E-state index is 13.7. The van der Waals surface area contributed by atoms with E-state index in [1.807, 2.05) is 64.1 Å². The van der Waals surface area contributed by atoms with Gasteiger partial charge < -0.3 is 14.5 Å². The van der Waals surface area contributed by atoms with E-state index in [1.165, 1.54) is 5.56 Å². The van der Waals surface area contributed by atoms with E-state index in [9.17, 15) is 9.59 Å². The van der Waals surface area contributed by atoms with Gasteiger partial charge in [0.25, 0.3) is 0 Å². The number of likely N-dealkylation sites (tertiary alicyclic amines) is 1. The van der Waals surface area contributed by atoms with Crippen molar-refractivity contribution in [2.24, 2.45) is 0 Å². The molecule has 5 rings (SSSR count). The van der Waals surface area contributed by atoms with E-state index in [2.05, 4.69) is 6.07 Å². The first-order chi connectivity index (χ1) is 15.1. The monoisotopic (exact) mass is 419 g/mol. The molecule has 0 spiro atoms. The van der Waals surface area contributed by atoms with Crippen LogP contribution >= 0.6 is 0 Å². The van der Waals surface area contributed by atoms with Gasteiger partial charge in [-0.15, -0.1) is 0 Å². The first-order valence-electron chi connectivity index (χ1n) is 11.3. The number of benzene rings is 2. The van der Waals surface area contributed by atoms with Gasteiger partial charge in [-0.05, 0) is 37.5 Å². The molecule has 6 heteroatoms. The molecule has 6 nitrogen and oxygen atoms in total. The third-order valence-corrected chi connectivity index (χ3v) is 6.79. The van der Waals surface area contributed by atoms with Crippen LogP contribution in [0.15, 0.2) is 48.5 Å². The number of hydrogen-bond donors (Lipinski definition) is 0. The predicted molar refractivity (Wildman–Crippen MR) is 119 cm³/mol. The number of carbonyl (C=O) groups excluding carboxylic acids is 2. The summed E-state index contributed by atoms with van der Waals surface area (Å²) >= 11 is 0. The molecule has 3 heterocycles. The van der Waals surface area contributed by atoms with E-state index in [1.54, 1.807) is 0 Å². The summed E-state index contributed by atoms with van der Waals surface area (Å²) in [7, 11) is 0. The molecule has 162 valence electrons. The third-order valence-electron chi connectivity index (χ3n) is 6.79. The third kappa shape index (κ3) is 3.75. The van der Waals surface area contributed by atoms with Crippen LogP contribution in [0.25, 0.3) is 0 Å². The zero-order valence-corrected chi connectivity index (χ0v) is 18.0. The molecule has 0 N–H and O–H groups in total. The predicted octanol–water partition coefficient (Wildman–Crippen LogP) is 4.01. The highest BCUT2D eigenvalue weighted by molar-refractivity contribution is 5.95. The maximum absolute atomic E-state index is 13.7. The Hall–Kier alpha value is -3.02. The standard InChI is InChI=1S/C25H29N3O3/c1-18-17-31-23-10-5-2-7-20(23)16-27(18)25(30)28-15-19(21-8-3-4-9-22(21)28)12-14-26-13-6-11-24(26)29/h2-5,7-10,18-19H,6,11-17H2,1H3. The largest absolute Gasteiger partial charge is 0.491 e. The molecular weight excluding hydrogens is 390 g/mol. The van der Waals surface area contributed by atoms with Gasteiger partial charge in [0.15, 0.2) is 0 Å². The second kappa shape index (κ2) is 8.25. The van der Waals surface area contributed by atoms with E-state index >= 15 is 0 Å². The van der Waals surface area contributed by atoms with Crippen molar-refractivity contribution < 1.29 is 14.3 Å². The number of rotatable bonds is 3. The van der Waals surface area contributed by atoms with Crippen LogP contribution in [-0.4, -0.2) is 54.0 Å². The molecule has 0 saturated carbocycles. The van der Waals surface area contributed by atoms with Crippen LogP contribution < -0.4 is 9.64 Å². The molecule has 0 radical (unpaired) electrons. The number of para-hydroxylation sites is 2. The molecule has 1 saturated heterocycles. The van der Waals surface area contributed by atoms with Crippen LogP contribution in [0.5, 0.6) is 5.75 Å². The molecule has 0 aliphatic carbocycles. The molecule has 0 bridgehead atoms. The van der Waals surface area contributed by atoms with Crippen LogP contribution in [0.2, 0.25) is 0 Å². The van der Waals surface area contributed by atoms with E-state index in [0.29, 0.717) is 26.1 Å². The first-order valence-corrected chi connectivity index (χ1v) is 11.3. The Morgan fingerprint density at radius 1 is 1.13 bits per heavy atom. The summed E-state index contributed by atoms with van der Waals surface area (Å²) in [6.07, 6.45) is 2.51. The number of ether oxygens (including phenoxy) is 1. The molecular formula is C25H29N3O3. The lowest BCUT2D eigenvalue weighted by Gasteiger charge is -2.31. The molecule has 2 unspecified atom stereocenters. The quantitative estimate of drug-likeness (QED) is 0.756. The zero-order chi connectivity index (χ0) is 21.4. The fourth-order valence-corrected chi connectivity index (χ4v) is 5.00. The number of fused-ring (bicyclic) bond motifs is 2. The molecule has 3 aliphatic rings. The zero-order valence-electron chi connectivity index (χ0n) is 18.0. The highest BCUT2D eigenvalue weighted by Crippen LogP contribution is 2.39. The average Bonchev–Trinajstić information content (AvgIpc) is 3.32.